The lowest BCUT2D eigenvalue weighted by atomic mass is 10.2. The van der Waals surface area contributed by atoms with Gasteiger partial charge in [-0.05, 0) is 30.4 Å². The monoisotopic (exact) mass is 241 g/mol. The Morgan fingerprint density at radius 1 is 1.60 bits per heavy atom. The Hall–Kier alpha value is -0.810. The van der Waals surface area contributed by atoms with Crippen molar-refractivity contribution >= 4 is 34.1 Å². The first-order chi connectivity index (χ1) is 7.18. The highest BCUT2D eigenvalue weighted by Gasteiger charge is 2.27. The van der Waals surface area contributed by atoms with Crippen LogP contribution in [0.5, 0.6) is 0 Å². The molecule has 2 rings (SSSR count). The van der Waals surface area contributed by atoms with Crippen LogP contribution >= 0.6 is 23.1 Å². The number of hydrogen-bond acceptors (Lipinski definition) is 4. The van der Waals surface area contributed by atoms with Gasteiger partial charge in [-0.25, -0.2) is 0 Å². The smallest absolute Gasteiger partial charge is 0.262 e. The molecule has 1 fully saturated rings. The van der Waals surface area contributed by atoms with Crippen molar-refractivity contribution in [2.24, 2.45) is 0 Å². The van der Waals surface area contributed by atoms with E-state index in [1.165, 1.54) is 23.1 Å². The minimum atomic E-state index is -0.288. The van der Waals surface area contributed by atoms with Gasteiger partial charge in [-0.3, -0.25) is 9.59 Å². The highest BCUT2D eigenvalue weighted by Crippen LogP contribution is 2.21. The van der Waals surface area contributed by atoms with Crippen molar-refractivity contribution in [1.82, 2.24) is 5.32 Å². The van der Waals surface area contributed by atoms with Gasteiger partial charge in [0.2, 0.25) is 5.12 Å². The zero-order valence-electron chi connectivity index (χ0n) is 8.28. The molecule has 0 unspecified atom stereocenters. The quantitative estimate of drug-likeness (QED) is 0.859. The summed E-state index contributed by atoms with van der Waals surface area (Å²) in [6, 6.07) is 1.62. The van der Waals surface area contributed by atoms with Crippen LogP contribution in [-0.4, -0.2) is 22.8 Å². The van der Waals surface area contributed by atoms with E-state index < -0.39 is 0 Å². The fourth-order valence-corrected chi connectivity index (χ4v) is 3.22. The van der Waals surface area contributed by atoms with Crippen molar-refractivity contribution < 1.29 is 9.59 Å². The Labute approximate surface area is 96.3 Å². The van der Waals surface area contributed by atoms with Crippen molar-refractivity contribution in [3.63, 3.8) is 0 Å². The predicted octanol–water partition coefficient (Wildman–Crippen LogP) is 1.82. The molecule has 0 bridgehead atoms. The Morgan fingerprint density at radius 3 is 2.93 bits per heavy atom. The number of thioether (sulfide) groups is 1. The Balaban J connectivity index is 2.04. The van der Waals surface area contributed by atoms with Crippen molar-refractivity contribution in [1.29, 1.82) is 0 Å². The molecule has 1 aromatic heterocycles. The fourth-order valence-electron chi connectivity index (χ4n) is 1.46. The number of thiophene rings is 1. The average Bonchev–Trinajstić information content (AvgIpc) is 2.76. The molecule has 0 aromatic carbocycles. The third-order valence-electron chi connectivity index (χ3n) is 2.31. The summed E-state index contributed by atoms with van der Waals surface area (Å²) in [4.78, 5) is 23.8. The van der Waals surface area contributed by atoms with Gasteiger partial charge < -0.3 is 5.32 Å². The standard InChI is InChI=1S/C10H11NO2S2/c1-6-2-4-14-8(6)9(12)11-7-3-5-15-10(7)13/h2,4,7H,3,5H2,1H3,(H,11,12)/t7-/m1/s1. The molecule has 5 heteroatoms. The molecule has 0 saturated carbocycles. The number of aryl methyl sites for hydroxylation is 1. The molecule has 2 heterocycles. The van der Waals surface area contributed by atoms with Gasteiger partial charge in [-0.15, -0.1) is 11.3 Å². The topological polar surface area (TPSA) is 46.2 Å². The van der Waals surface area contributed by atoms with Crippen LogP contribution in [0.1, 0.15) is 21.7 Å². The van der Waals surface area contributed by atoms with E-state index in [-0.39, 0.29) is 17.1 Å². The molecule has 1 aromatic rings. The molecule has 0 radical (unpaired) electrons. The van der Waals surface area contributed by atoms with Crippen LogP contribution in [0.2, 0.25) is 0 Å². The van der Waals surface area contributed by atoms with Gasteiger partial charge in [0, 0.05) is 5.75 Å². The highest BCUT2D eigenvalue weighted by molar-refractivity contribution is 8.14. The molecule has 3 nitrogen and oxygen atoms in total. The summed E-state index contributed by atoms with van der Waals surface area (Å²) < 4.78 is 0. The van der Waals surface area contributed by atoms with Crippen LogP contribution in [-0.2, 0) is 4.79 Å². The van der Waals surface area contributed by atoms with Crippen LogP contribution in [0.25, 0.3) is 0 Å². The van der Waals surface area contributed by atoms with Gasteiger partial charge in [-0.1, -0.05) is 11.8 Å². The van der Waals surface area contributed by atoms with E-state index in [2.05, 4.69) is 5.32 Å². The summed E-state index contributed by atoms with van der Waals surface area (Å²) in [5.41, 5.74) is 0.968. The lowest BCUT2D eigenvalue weighted by molar-refractivity contribution is -0.112. The molecular weight excluding hydrogens is 230 g/mol. The summed E-state index contributed by atoms with van der Waals surface area (Å²) in [6.07, 6.45) is 0.750. The minimum Gasteiger partial charge on any atom is -0.341 e. The Morgan fingerprint density at radius 2 is 2.40 bits per heavy atom. The van der Waals surface area contributed by atoms with Gasteiger partial charge in [0.1, 0.15) is 0 Å². The number of hydrogen-bond donors (Lipinski definition) is 1. The molecule has 1 atom stereocenters. The van der Waals surface area contributed by atoms with Gasteiger partial charge in [-0.2, -0.15) is 0 Å². The number of amides is 1. The van der Waals surface area contributed by atoms with Crippen LogP contribution in [0.3, 0.4) is 0 Å². The van der Waals surface area contributed by atoms with Crippen LogP contribution in [0.4, 0.5) is 0 Å². The number of carbonyl (C=O) groups excluding carboxylic acids is 2. The molecule has 0 spiro atoms. The van der Waals surface area contributed by atoms with Crippen molar-refractivity contribution in [3.8, 4) is 0 Å². The molecule has 1 aliphatic rings. The first-order valence-corrected chi connectivity index (χ1v) is 6.56. The van der Waals surface area contributed by atoms with Crippen molar-refractivity contribution in [3.05, 3.63) is 21.9 Å². The fraction of sp³-hybridized carbons (Fsp3) is 0.400. The van der Waals surface area contributed by atoms with E-state index in [4.69, 9.17) is 0 Å². The summed E-state index contributed by atoms with van der Waals surface area (Å²) in [5.74, 6) is 0.691. The largest absolute Gasteiger partial charge is 0.341 e. The zero-order valence-corrected chi connectivity index (χ0v) is 9.91. The predicted molar refractivity (Wildman–Crippen MR) is 62.4 cm³/mol. The maximum Gasteiger partial charge on any atom is 0.262 e. The van der Waals surface area contributed by atoms with E-state index in [9.17, 15) is 9.59 Å². The minimum absolute atomic E-state index is 0.0811. The molecule has 1 aliphatic heterocycles. The van der Waals surface area contributed by atoms with Gasteiger partial charge in [0.15, 0.2) is 0 Å². The summed E-state index contributed by atoms with van der Waals surface area (Å²) in [6.45, 7) is 1.90. The first kappa shape index (κ1) is 10.7. The van der Waals surface area contributed by atoms with Crippen LogP contribution in [0.15, 0.2) is 11.4 Å². The van der Waals surface area contributed by atoms with E-state index in [1.807, 2.05) is 18.4 Å². The highest BCUT2D eigenvalue weighted by atomic mass is 32.2. The number of rotatable bonds is 2. The van der Waals surface area contributed by atoms with E-state index in [0.29, 0.717) is 4.88 Å². The van der Waals surface area contributed by atoms with E-state index >= 15 is 0 Å². The zero-order chi connectivity index (χ0) is 10.8. The van der Waals surface area contributed by atoms with Crippen LogP contribution < -0.4 is 5.32 Å². The number of nitrogens with one attached hydrogen (secondary N) is 1. The SMILES string of the molecule is Cc1ccsc1C(=O)N[C@@H]1CCSC1=O. The second-order valence-corrected chi connectivity index (χ2v) is 5.43. The van der Waals surface area contributed by atoms with Crippen LogP contribution in [0, 0.1) is 6.92 Å². The number of carbonyl (C=O) groups is 2. The van der Waals surface area contributed by atoms with E-state index in [1.54, 1.807) is 0 Å². The first-order valence-electron chi connectivity index (χ1n) is 4.70. The second-order valence-electron chi connectivity index (χ2n) is 3.41. The molecule has 1 saturated heterocycles. The summed E-state index contributed by atoms with van der Waals surface area (Å²) in [7, 11) is 0. The van der Waals surface area contributed by atoms with Gasteiger partial charge >= 0.3 is 0 Å². The van der Waals surface area contributed by atoms with Crippen molar-refractivity contribution in [2.75, 3.05) is 5.75 Å². The summed E-state index contributed by atoms with van der Waals surface area (Å²) in [5, 5.41) is 4.74. The molecular formula is C10H11NO2S2. The lowest BCUT2D eigenvalue weighted by Gasteiger charge is -2.09. The average molecular weight is 241 g/mol. The summed E-state index contributed by atoms with van der Waals surface area (Å²) >= 11 is 2.71. The maximum atomic E-state index is 11.8. The van der Waals surface area contributed by atoms with Gasteiger partial charge in [0.25, 0.3) is 5.91 Å². The van der Waals surface area contributed by atoms with Crippen molar-refractivity contribution in [2.45, 2.75) is 19.4 Å². The lowest BCUT2D eigenvalue weighted by Crippen LogP contribution is -2.36. The molecule has 80 valence electrons. The third kappa shape index (κ3) is 2.23. The van der Waals surface area contributed by atoms with Gasteiger partial charge in [0.05, 0.1) is 10.9 Å². The molecule has 1 N–H and O–H groups in total. The molecule has 1 amide bonds. The molecule has 15 heavy (non-hydrogen) atoms. The molecule has 0 aliphatic carbocycles. The Bertz CT molecular complexity index is 400. The van der Waals surface area contributed by atoms with E-state index in [0.717, 1.165) is 17.7 Å². The Kier molecular flexibility index (Phi) is 3.11. The maximum absolute atomic E-state index is 11.8. The third-order valence-corrected chi connectivity index (χ3v) is 4.33. The normalized spacial score (nSPS) is 20.6. The second kappa shape index (κ2) is 4.37.